The SMILES string of the molecule is CCCN(Cc1nnc(-c2cccs2)o1)C(=O)COC(=O)c1cccc(C)c1O. The molecule has 0 saturated carbocycles. The number of phenolic OH excluding ortho intramolecular Hbond substituents is 1. The fraction of sp³-hybridized carbons (Fsp3) is 0.300. The molecule has 1 aromatic carbocycles. The second kappa shape index (κ2) is 9.33. The van der Waals surface area contributed by atoms with Crippen molar-refractivity contribution < 1.29 is 23.8 Å². The Morgan fingerprint density at radius 2 is 2.07 bits per heavy atom. The van der Waals surface area contributed by atoms with E-state index >= 15 is 0 Å². The van der Waals surface area contributed by atoms with Gasteiger partial charge in [0.2, 0.25) is 5.89 Å². The number of carbonyl (C=O) groups is 2. The number of hydrogen-bond acceptors (Lipinski definition) is 8. The number of benzene rings is 1. The first-order chi connectivity index (χ1) is 14.0. The van der Waals surface area contributed by atoms with Gasteiger partial charge >= 0.3 is 5.97 Å². The van der Waals surface area contributed by atoms with Crippen molar-refractivity contribution in [2.45, 2.75) is 26.8 Å². The number of phenols is 1. The first-order valence-electron chi connectivity index (χ1n) is 9.09. The molecular formula is C20H21N3O5S. The molecule has 0 aliphatic rings. The zero-order chi connectivity index (χ0) is 20.8. The second-order valence-corrected chi connectivity index (χ2v) is 7.29. The first-order valence-corrected chi connectivity index (χ1v) is 9.97. The fourth-order valence-corrected chi connectivity index (χ4v) is 3.31. The smallest absolute Gasteiger partial charge is 0.342 e. The van der Waals surface area contributed by atoms with E-state index in [-0.39, 0.29) is 23.8 Å². The highest BCUT2D eigenvalue weighted by Gasteiger charge is 2.21. The van der Waals surface area contributed by atoms with Crippen LogP contribution < -0.4 is 0 Å². The second-order valence-electron chi connectivity index (χ2n) is 6.34. The van der Waals surface area contributed by atoms with Gasteiger partial charge in [-0.05, 0) is 36.4 Å². The Morgan fingerprint density at radius 3 is 2.79 bits per heavy atom. The highest BCUT2D eigenvalue weighted by Crippen LogP contribution is 2.24. The third-order valence-electron chi connectivity index (χ3n) is 4.16. The molecule has 0 saturated heterocycles. The summed E-state index contributed by atoms with van der Waals surface area (Å²) in [4.78, 5) is 27.1. The fourth-order valence-electron chi connectivity index (χ4n) is 2.66. The lowest BCUT2D eigenvalue weighted by Gasteiger charge is -2.20. The van der Waals surface area contributed by atoms with Crippen molar-refractivity contribution in [1.82, 2.24) is 15.1 Å². The summed E-state index contributed by atoms with van der Waals surface area (Å²) in [5.74, 6) is -0.586. The number of hydrogen-bond donors (Lipinski definition) is 1. The number of thiophene rings is 1. The normalized spacial score (nSPS) is 10.7. The molecule has 0 bridgehead atoms. The number of carbonyl (C=O) groups excluding carboxylic acids is 2. The zero-order valence-corrected chi connectivity index (χ0v) is 16.9. The third-order valence-corrected chi connectivity index (χ3v) is 5.01. The Labute approximate surface area is 171 Å². The van der Waals surface area contributed by atoms with Crippen molar-refractivity contribution in [1.29, 1.82) is 0 Å². The van der Waals surface area contributed by atoms with E-state index in [1.54, 1.807) is 19.1 Å². The number of para-hydroxylation sites is 1. The minimum Gasteiger partial charge on any atom is -0.507 e. The quantitative estimate of drug-likeness (QED) is 0.562. The van der Waals surface area contributed by atoms with E-state index in [4.69, 9.17) is 9.15 Å². The topological polar surface area (TPSA) is 106 Å². The summed E-state index contributed by atoms with van der Waals surface area (Å²) < 4.78 is 10.7. The molecule has 1 N–H and O–H groups in total. The summed E-state index contributed by atoms with van der Waals surface area (Å²) in [5, 5.41) is 19.9. The molecule has 0 aliphatic carbocycles. The van der Waals surface area contributed by atoms with Gasteiger partial charge in [-0.25, -0.2) is 4.79 Å². The van der Waals surface area contributed by atoms with Gasteiger partial charge in [0.15, 0.2) is 6.61 Å². The van der Waals surface area contributed by atoms with Gasteiger partial charge in [0.05, 0.1) is 11.4 Å². The van der Waals surface area contributed by atoms with Crippen LogP contribution in [0.1, 0.15) is 35.2 Å². The van der Waals surface area contributed by atoms with Crippen LogP contribution in [0.15, 0.2) is 40.1 Å². The number of ether oxygens (including phenoxy) is 1. The molecule has 8 nitrogen and oxygen atoms in total. The van der Waals surface area contributed by atoms with E-state index in [1.807, 2.05) is 24.4 Å². The molecule has 0 aliphatic heterocycles. The van der Waals surface area contributed by atoms with Crippen molar-refractivity contribution in [3.05, 3.63) is 52.7 Å². The number of amides is 1. The highest BCUT2D eigenvalue weighted by molar-refractivity contribution is 7.13. The molecule has 0 spiro atoms. The maximum absolute atomic E-state index is 12.6. The average Bonchev–Trinajstić information content (AvgIpc) is 3.39. The molecular weight excluding hydrogens is 394 g/mol. The van der Waals surface area contributed by atoms with Gasteiger partial charge in [-0.1, -0.05) is 25.1 Å². The lowest BCUT2D eigenvalue weighted by Crippen LogP contribution is -2.35. The molecule has 2 heterocycles. The van der Waals surface area contributed by atoms with E-state index in [0.717, 1.165) is 4.88 Å². The van der Waals surface area contributed by atoms with Gasteiger partial charge in [-0.15, -0.1) is 21.5 Å². The van der Waals surface area contributed by atoms with Gasteiger partial charge in [-0.3, -0.25) is 4.79 Å². The predicted molar refractivity (Wildman–Crippen MR) is 106 cm³/mol. The van der Waals surface area contributed by atoms with Crippen LogP contribution in [0.2, 0.25) is 0 Å². The Hall–Kier alpha value is -3.20. The van der Waals surface area contributed by atoms with Crippen LogP contribution in [0, 0.1) is 6.92 Å². The predicted octanol–water partition coefficient (Wildman–Crippen LogP) is 3.41. The van der Waals surface area contributed by atoms with Crippen molar-refractivity contribution in [3.8, 4) is 16.5 Å². The number of rotatable bonds is 8. The van der Waals surface area contributed by atoms with Gasteiger partial charge in [0.25, 0.3) is 11.8 Å². The first kappa shape index (κ1) is 20.5. The summed E-state index contributed by atoms with van der Waals surface area (Å²) in [6.45, 7) is 3.73. The Balaban J connectivity index is 1.62. The highest BCUT2D eigenvalue weighted by atomic mass is 32.1. The Morgan fingerprint density at radius 1 is 1.24 bits per heavy atom. The molecule has 3 aromatic rings. The monoisotopic (exact) mass is 415 g/mol. The molecule has 29 heavy (non-hydrogen) atoms. The molecule has 3 rings (SSSR count). The lowest BCUT2D eigenvalue weighted by molar-refractivity contribution is -0.135. The zero-order valence-electron chi connectivity index (χ0n) is 16.1. The van der Waals surface area contributed by atoms with E-state index in [9.17, 15) is 14.7 Å². The van der Waals surface area contributed by atoms with Crippen molar-refractivity contribution >= 4 is 23.2 Å². The molecule has 2 aromatic heterocycles. The number of aryl methyl sites for hydroxylation is 1. The summed E-state index contributed by atoms with van der Waals surface area (Å²) in [6, 6.07) is 8.52. The standard InChI is InChI=1S/C20H21N3O5S/c1-3-9-23(11-16-21-22-19(28-16)15-8-5-10-29-15)17(24)12-27-20(26)14-7-4-6-13(2)18(14)25/h4-8,10,25H,3,9,11-12H2,1-2H3. The molecule has 152 valence electrons. The van der Waals surface area contributed by atoms with Crippen molar-refractivity contribution in [2.75, 3.05) is 13.2 Å². The van der Waals surface area contributed by atoms with Gasteiger partial charge in [0.1, 0.15) is 11.3 Å². The van der Waals surface area contributed by atoms with Crippen LogP contribution >= 0.6 is 11.3 Å². The van der Waals surface area contributed by atoms with Gasteiger partial charge in [-0.2, -0.15) is 0 Å². The van der Waals surface area contributed by atoms with Gasteiger partial charge < -0.3 is 19.2 Å². The molecule has 0 fully saturated rings. The number of nitrogens with zero attached hydrogens (tertiary/aromatic N) is 3. The van der Waals surface area contributed by atoms with Crippen LogP contribution in [0.25, 0.3) is 10.8 Å². The molecule has 0 radical (unpaired) electrons. The maximum Gasteiger partial charge on any atom is 0.342 e. The number of aromatic nitrogens is 2. The minimum atomic E-state index is -0.756. The Bertz CT molecular complexity index is 984. The van der Waals surface area contributed by atoms with E-state index in [2.05, 4.69) is 10.2 Å². The van der Waals surface area contributed by atoms with Crippen LogP contribution in [-0.2, 0) is 16.1 Å². The average molecular weight is 415 g/mol. The van der Waals surface area contributed by atoms with Crippen LogP contribution in [0.3, 0.4) is 0 Å². The molecule has 1 amide bonds. The van der Waals surface area contributed by atoms with E-state index < -0.39 is 12.6 Å². The van der Waals surface area contributed by atoms with Crippen molar-refractivity contribution in [3.63, 3.8) is 0 Å². The van der Waals surface area contributed by atoms with E-state index in [0.29, 0.717) is 30.3 Å². The van der Waals surface area contributed by atoms with Crippen LogP contribution in [-0.4, -0.2) is 45.2 Å². The number of esters is 1. The largest absolute Gasteiger partial charge is 0.507 e. The number of aromatic hydroxyl groups is 1. The summed E-state index contributed by atoms with van der Waals surface area (Å²) in [5.41, 5.74) is 0.577. The van der Waals surface area contributed by atoms with Crippen LogP contribution in [0.5, 0.6) is 5.75 Å². The summed E-state index contributed by atoms with van der Waals surface area (Å²) in [7, 11) is 0. The lowest BCUT2D eigenvalue weighted by atomic mass is 10.1. The Kier molecular flexibility index (Phi) is 6.61. The minimum absolute atomic E-state index is 0.0253. The summed E-state index contributed by atoms with van der Waals surface area (Å²) >= 11 is 1.48. The molecule has 0 unspecified atom stereocenters. The third kappa shape index (κ3) is 5.00. The molecule has 0 atom stereocenters. The molecule has 9 heteroatoms. The van der Waals surface area contributed by atoms with Gasteiger partial charge in [0, 0.05) is 6.54 Å². The van der Waals surface area contributed by atoms with Crippen LogP contribution in [0.4, 0.5) is 0 Å². The van der Waals surface area contributed by atoms with E-state index in [1.165, 1.54) is 22.3 Å². The summed E-state index contributed by atoms with van der Waals surface area (Å²) in [6.07, 6.45) is 0.713. The van der Waals surface area contributed by atoms with Crippen molar-refractivity contribution in [2.24, 2.45) is 0 Å². The maximum atomic E-state index is 12.6.